The second kappa shape index (κ2) is 8.93. The van der Waals surface area contributed by atoms with E-state index < -0.39 is 47.4 Å². The van der Waals surface area contributed by atoms with Crippen LogP contribution in [0.15, 0.2) is 36.4 Å². The summed E-state index contributed by atoms with van der Waals surface area (Å²) in [6, 6.07) is 10.9. The van der Waals surface area contributed by atoms with Crippen LogP contribution in [0.25, 0.3) is 0 Å². The summed E-state index contributed by atoms with van der Waals surface area (Å²) in [6.07, 6.45) is -0.800. The highest BCUT2D eigenvalue weighted by molar-refractivity contribution is 6.66. The van der Waals surface area contributed by atoms with Gasteiger partial charge in [0.1, 0.15) is 23.3 Å². The third kappa shape index (κ3) is 4.71. The van der Waals surface area contributed by atoms with Crippen molar-refractivity contribution in [1.29, 1.82) is 0 Å². The Hall–Kier alpha value is -2.29. The monoisotopic (exact) mass is 517 g/mol. The van der Waals surface area contributed by atoms with Crippen molar-refractivity contribution in [3.05, 3.63) is 58.4 Å². The highest BCUT2D eigenvalue weighted by Gasteiger charge is 2.55. The van der Waals surface area contributed by atoms with Gasteiger partial charge in [-0.25, -0.2) is 9.18 Å². The van der Waals surface area contributed by atoms with Crippen LogP contribution < -0.4 is 15.9 Å². The molecule has 2 aromatic rings. The van der Waals surface area contributed by atoms with Gasteiger partial charge in [-0.2, -0.15) is 0 Å². The Morgan fingerprint density at radius 1 is 1.17 bits per heavy atom. The summed E-state index contributed by atoms with van der Waals surface area (Å²) in [5, 5.41) is -0.0551. The fourth-order valence-electron chi connectivity index (χ4n) is 4.77. The summed E-state index contributed by atoms with van der Waals surface area (Å²) in [6.45, 7) is 13.6. The largest absolute Gasteiger partial charge is 0.496 e. The molecule has 6 nitrogen and oxygen atoms in total. The summed E-state index contributed by atoms with van der Waals surface area (Å²) in [5.41, 5.74) is 4.74. The number of fused-ring (bicyclic) bond motifs is 1. The van der Waals surface area contributed by atoms with Crippen LogP contribution in [0.4, 0.5) is 9.18 Å². The van der Waals surface area contributed by atoms with Crippen LogP contribution in [0.5, 0.6) is 5.75 Å². The molecule has 1 fully saturated rings. The van der Waals surface area contributed by atoms with Crippen LogP contribution in [-0.4, -0.2) is 30.5 Å². The lowest BCUT2D eigenvalue weighted by Crippen LogP contribution is -2.44. The number of halogens is 2. The maximum atomic E-state index is 15.1. The van der Waals surface area contributed by atoms with Crippen molar-refractivity contribution in [3.8, 4) is 5.75 Å². The van der Waals surface area contributed by atoms with Gasteiger partial charge in [0.15, 0.2) is 0 Å². The van der Waals surface area contributed by atoms with Gasteiger partial charge in [-0.15, -0.1) is 0 Å². The zero-order valence-electron chi connectivity index (χ0n) is 21.9. The quantitative estimate of drug-likeness (QED) is 0.529. The van der Waals surface area contributed by atoms with Crippen molar-refractivity contribution in [2.75, 3.05) is 0 Å². The molecule has 1 amide bonds. The van der Waals surface area contributed by atoms with Crippen molar-refractivity contribution in [2.45, 2.75) is 84.2 Å². The summed E-state index contributed by atoms with van der Waals surface area (Å²) in [5.74, 6) is -0.262. The number of benzene rings is 2. The number of nitrogens with two attached hydrogens (primary N) is 1. The molecule has 0 radical (unpaired) electrons. The van der Waals surface area contributed by atoms with E-state index in [9.17, 15) is 4.79 Å². The Morgan fingerprint density at radius 2 is 1.75 bits per heavy atom. The van der Waals surface area contributed by atoms with Crippen molar-refractivity contribution < 1.29 is 28.0 Å². The lowest BCUT2D eigenvalue weighted by molar-refractivity contribution is -0.0293. The van der Waals surface area contributed by atoms with Gasteiger partial charge >= 0.3 is 13.2 Å². The molecule has 2 aromatic carbocycles. The molecule has 0 spiro atoms. The Labute approximate surface area is 217 Å². The van der Waals surface area contributed by atoms with E-state index in [0.29, 0.717) is 29.6 Å². The highest BCUT2D eigenvalue weighted by Crippen LogP contribution is 2.48. The lowest BCUT2D eigenvalue weighted by atomic mass is 9.71. The maximum absolute atomic E-state index is 15.1. The maximum Gasteiger partial charge on any atom is 0.496 e. The molecule has 194 valence electrons. The lowest BCUT2D eigenvalue weighted by Gasteiger charge is -2.38. The smallest absolute Gasteiger partial charge is 0.482 e. The van der Waals surface area contributed by atoms with Crippen molar-refractivity contribution in [1.82, 2.24) is 0 Å². The Bertz CT molecular complexity index is 1150. The first kappa shape index (κ1) is 26.8. The minimum atomic E-state index is -0.966. The van der Waals surface area contributed by atoms with Gasteiger partial charge in [-0.05, 0) is 38.7 Å². The molecule has 2 aliphatic rings. The predicted molar refractivity (Wildman–Crippen MR) is 138 cm³/mol. The third-order valence-corrected chi connectivity index (χ3v) is 8.01. The van der Waals surface area contributed by atoms with Crippen LogP contribution in [0, 0.1) is 11.2 Å². The zero-order valence-corrected chi connectivity index (χ0v) is 22.7. The molecule has 0 bridgehead atoms. The molecule has 1 saturated heterocycles. The normalized spacial score (nSPS) is 23.2. The third-order valence-electron chi connectivity index (χ3n) is 7.62. The zero-order chi connectivity index (χ0) is 26.7. The molecule has 4 rings (SSSR count). The number of hydrogen-bond donors (Lipinski definition) is 1. The summed E-state index contributed by atoms with van der Waals surface area (Å²) < 4.78 is 39.8. The molecule has 0 aliphatic carbocycles. The van der Waals surface area contributed by atoms with Gasteiger partial charge < -0.3 is 24.5 Å². The summed E-state index contributed by atoms with van der Waals surface area (Å²) >= 11 is 6.55. The topological polar surface area (TPSA) is 80.0 Å². The average Bonchev–Trinajstić information content (AvgIpc) is 3.21. The van der Waals surface area contributed by atoms with Gasteiger partial charge in [0.05, 0.1) is 16.2 Å². The van der Waals surface area contributed by atoms with E-state index >= 15 is 4.39 Å². The van der Waals surface area contributed by atoms with E-state index in [2.05, 4.69) is 0 Å². The second-order valence-corrected chi connectivity index (χ2v) is 12.2. The number of carbonyl (C=O) groups excluding carboxylic acids is 1. The van der Waals surface area contributed by atoms with E-state index in [4.69, 9.17) is 36.1 Å². The van der Waals surface area contributed by atoms with Crippen LogP contribution in [0.2, 0.25) is 5.02 Å². The van der Waals surface area contributed by atoms with Gasteiger partial charge in [-0.3, -0.25) is 0 Å². The molecule has 0 aromatic heterocycles. The minimum Gasteiger partial charge on any atom is -0.482 e. The van der Waals surface area contributed by atoms with Gasteiger partial charge in [0.2, 0.25) is 0 Å². The van der Waals surface area contributed by atoms with E-state index in [-0.39, 0.29) is 5.02 Å². The fourth-order valence-corrected chi connectivity index (χ4v) is 5.03. The van der Waals surface area contributed by atoms with Crippen LogP contribution in [0.1, 0.15) is 66.0 Å². The fraction of sp³-hybridized carbons (Fsp3) is 0.519. The standard InChI is InChI=1S/C27H34BClFNO5/c1-24(2,3)20(33-23(31)32)15-27(16-11-9-8-10-12-16)14-17-19(34-27)13-18(30)22(29)21(17)28-35-25(4,5)26(6,7)36-28/h8-13,20H,14-15H2,1-7H3,(H2,31,32)/t20-,27?/m0/s1. The molecule has 0 saturated carbocycles. The molecule has 1 unspecified atom stereocenters. The van der Waals surface area contributed by atoms with Crippen LogP contribution in [-0.2, 0) is 26.1 Å². The first-order valence-corrected chi connectivity index (χ1v) is 12.5. The van der Waals surface area contributed by atoms with Crippen molar-refractivity contribution >= 4 is 30.3 Å². The van der Waals surface area contributed by atoms with Crippen LogP contribution in [0.3, 0.4) is 0 Å². The Kier molecular flexibility index (Phi) is 6.64. The molecule has 36 heavy (non-hydrogen) atoms. The van der Waals surface area contributed by atoms with Gasteiger partial charge in [0, 0.05) is 29.9 Å². The van der Waals surface area contributed by atoms with Crippen molar-refractivity contribution in [3.63, 3.8) is 0 Å². The van der Waals surface area contributed by atoms with Gasteiger partial charge in [-0.1, -0.05) is 62.7 Å². The van der Waals surface area contributed by atoms with Gasteiger partial charge in [0.25, 0.3) is 0 Å². The Morgan fingerprint density at radius 3 is 2.28 bits per heavy atom. The average molecular weight is 518 g/mol. The molecule has 2 atom stereocenters. The minimum absolute atomic E-state index is 0.0551. The molecular weight excluding hydrogens is 484 g/mol. The SMILES string of the molecule is CC(C)(C)[C@H](CC1(c2ccccc2)Cc2c(cc(F)c(Cl)c2B2OC(C)(C)C(C)(C)O2)O1)OC(N)=O. The number of ether oxygens (including phenoxy) is 2. The molecule has 2 heterocycles. The number of rotatable bonds is 5. The van der Waals surface area contributed by atoms with E-state index in [1.165, 1.54) is 6.07 Å². The molecule has 9 heteroatoms. The first-order chi connectivity index (χ1) is 16.6. The Balaban J connectivity index is 1.83. The number of primary amides is 1. The second-order valence-electron chi connectivity index (χ2n) is 11.8. The van der Waals surface area contributed by atoms with E-state index in [1.807, 2.05) is 78.8 Å². The van der Waals surface area contributed by atoms with E-state index in [0.717, 1.165) is 5.56 Å². The van der Waals surface area contributed by atoms with Crippen molar-refractivity contribution in [2.24, 2.45) is 11.1 Å². The molecular formula is C27H34BClFNO5. The summed E-state index contributed by atoms with van der Waals surface area (Å²) in [7, 11) is -0.873. The number of hydrogen-bond acceptors (Lipinski definition) is 5. The predicted octanol–water partition coefficient (Wildman–Crippen LogP) is 5.51. The molecule has 2 N–H and O–H groups in total. The van der Waals surface area contributed by atoms with E-state index in [1.54, 1.807) is 0 Å². The van der Waals surface area contributed by atoms with Crippen LogP contribution >= 0.6 is 11.6 Å². The number of carbonyl (C=O) groups is 1. The molecule has 2 aliphatic heterocycles. The number of amides is 1. The summed E-state index contributed by atoms with van der Waals surface area (Å²) in [4.78, 5) is 11.8. The highest BCUT2D eigenvalue weighted by atomic mass is 35.5. The first-order valence-electron chi connectivity index (χ1n) is 12.1.